The van der Waals surface area contributed by atoms with E-state index < -0.39 is 12.0 Å². The van der Waals surface area contributed by atoms with Crippen molar-refractivity contribution < 1.29 is 19.1 Å². The maximum atomic E-state index is 12.8. The van der Waals surface area contributed by atoms with Crippen LogP contribution < -0.4 is 0 Å². The summed E-state index contributed by atoms with van der Waals surface area (Å²) in [6.07, 6.45) is 1.71. The molecular formula is C21H25N5O4. The monoisotopic (exact) mass is 411 g/mol. The summed E-state index contributed by atoms with van der Waals surface area (Å²) in [7, 11) is 1.64. The second-order valence-corrected chi connectivity index (χ2v) is 6.96. The van der Waals surface area contributed by atoms with Crippen LogP contribution in [0.3, 0.4) is 0 Å². The summed E-state index contributed by atoms with van der Waals surface area (Å²) >= 11 is 0. The number of aromatic nitrogens is 5. The van der Waals surface area contributed by atoms with E-state index in [1.165, 1.54) is 11.0 Å². The SMILES string of the molecule is COCCn1c(C)cc(C(=O)COC(=O)[C@@H](Cc2ccccc2)n2cnnn2)c1C. The number of esters is 1. The lowest BCUT2D eigenvalue weighted by Crippen LogP contribution is -2.27. The lowest BCUT2D eigenvalue weighted by atomic mass is 10.1. The van der Waals surface area contributed by atoms with Gasteiger partial charge in [0.1, 0.15) is 6.33 Å². The fourth-order valence-corrected chi connectivity index (χ4v) is 3.35. The van der Waals surface area contributed by atoms with Gasteiger partial charge in [-0.2, -0.15) is 0 Å². The third-order valence-electron chi connectivity index (χ3n) is 4.97. The van der Waals surface area contributed by atoms with Crippen LogP contribution in [-0.2, 0) is 27.2 Å². The molecule has 0 spiro atoms. The van der Waals surface area contributed by atoms with E-state index in [0.29, 0.717) is 25.1 Å². The van der Waals surface area contributed by atoms with Gasteiger partial charge >= 0.3 is 5.97 Å². The van der Waals surface area contributed by atoms with E-state index in [9.17, 15) is 9.59 Å². The molecule has 3 rings (SSSR count). The Bertz CT molecular complexity index is 983. The summed E-state index contributed by atoms with van der Waals surface area (Å²) in [5.74, 6) is -0.817. The number of rotatable bonds is 10. The third-order valence-corrected chi connectivity index (χ3v) is 4.97. The van der Waals surface area contributed by atoms with Crippen LogP contribution in [0.4, 0.5) is 0 Å². The van der Waals surface area contributed by atoms with Gasteiger partial charge in [-0.1, -0.05) is 30.3 Å². The fourth-order valence-electron chi connectivity index (χ4n) is 3.35. The molecule has 2 heterocycles. The smallest absolute Gasteiger partial charge is 0.331 e. The Kier molecular flexibility index (Phi) is 7.08. The van der Waals surface area contributed by atoms with Crippen LogP contribution in [0.25, 0.3) is 0 Å². The van der Waals surface area contributed by atoms with Gasteiger partial charge in [-0.15, -0.1) is 5.10 Å². The van der Waals surface area contributed by atoms with Crippen molar-refractivity contribution in [3.63, 3.8) is 0 Å². The second-order valence-electron chi connectivity index (χ2n) is 6.96. The van der Waals surface area contributed by atoms with E-state index in [1.54, 1.807) is 7.11 Å². The van der Waals surface area contributed by atoms with Crippen molar-refractivity contribution >= 4 is 11.8 Å². The van der Waals surface area contributed by atoms with E-state index in [1.807, 2.05) is 54.8 Å². The Labute approximate surface area is 174 Å². The van der Waals surface area contributed by atoms with Crippen LogP contribution >= 0.6 is 0 Å². The van der Waals surface area contributed by atoms with E-state index in [-0.39, 0.29) is 12.4 Å². The van der Waals surface area contributed by atoms with Crippen LogP contribution in [0.5, 0.6) is 0 Å². The number of ketones is 1. The van der Waals surface area contributed by atoms with Crippen LogP contribution in [0.15, 0.2) is 42.7 Å². The summed E-state index contributed by atoms with van der Waals surface area (Å²) in [6.45, 7) is 4.66. The maximum Gasteiger partial charge on any atom is 0.331 e. The molecule has 0 unspecified atom stereocenters. The summed E-state index contributed by atoms with van der Waals surface area (Å²) < 4.78 is 13.8. The first-order valence-corrected chi connectivity index (χ1v) is 9.63. The van der Waals surface area contributed by atoms with E-state index in [4.69, 9.17) is 9.47 Å². The lowest BCUT2D eigenvalue weighted by Gasteiger charge is -2.15. The standard InChI is InChI=1S/C21H25N5O4/c1-15-11-18(16(2)25(15)9-10-29-3)20(27)13-30-21(28)19(26-14-22-23-24-26)12-17-7-5-4-6-8-17/h4-8,11,14,19H,9-10,12-13H2,1-3H3/t19-/m1/s1. The Hall–Kier alpha value is -3.33. The number of carbonyl (C=O) groups is 2. The zero-order valence-corrected chi connectivity index (χ0v) is 17.3. The largest absolute Gasteiger partial charge is 0.456 e. The molecule has 0 saturated carbocycles. The number of hydrogen-bond donors (Lipinski definition) is 0. The molecule has 0 radical (unpaired) electrons. The number of benzene rings is 1. The van der Waals surface area contributed by atoms with Crippen LogP contribution in [0.1, 0.15) is 33.4 Å². The van der Waals surface area contributed by atoms with Gasteiger partial charge in [0.2, 0.25) is 5.78 Å². The Morgan fingerprint density at radius 1 is 1.17 bits per heavy atom. The topological polar surface area (TPSA) is 101 Å². The number of tetrazole rings is 1. The molecule has 0 bridgehead atoms. The molecule has 0 N–H and O–H groups in total. The second kappa shape index (κ2) is 9.93. The minimum Gasteiger partial charge on any atom is -0.456 e. The fraction of sp³-hybridized carbons (Fsp3) is 0.381. The molecule has 0 amide bonds. The normalized spacial score (nSPS) is 12.0. The molecular weight excluding hydrogens is 386 g/mol. The number of nitrogens with zero attached hydrogens (tertiary/aromatic N) is 5. The summed E-state index contributed by atoms with van der Waals surface area (Å²) in [4.78, 5) is 25.5. The van der Waals surface area contributed by atoms with Crippen LogP contribution in [0, 0.1) is 13.8 Å². The first-order valence-electron chi connectivity index (χ1n) is 9.63. The zero-order valence-electron chi connectivity index (χ0n) is 17.3. The number of methoxy groups -OCH3 is 1. The Morgan fingerprint density at radius 2 is 1.93 bits per heavy atom. The average Bonchev–Trinajstić information content (AvgIpc) is 3.38. The Morgan fingerprint density at radius 3 is 2.60 bits per heavy atom. The molecule has 0 fully saturated rings. The predicted molar refractivity (Wildman–Crippen MR) is 108 cm³/mol. The molecule has 158 valence electrons. The van der Waals surface area contributed by atoms with Gasteiger partial charge in [0.15, 0.2) is 12.6 Å². The molecule has 9 nitrogen and oxygen atoms in total. The summed E-state index contributed by atoms with van der Waals surface area (Å²) in [5, 5.41) is 11.0. The van der Waals surface area contributed by atoms with E-state index in [2.05, 4.69) is 15.5 Å². The van der Waals surface area contributed by atoms with Gasteiger partial charge < -0.3 is 14.0 Å². The molecule has 9 heteroatoms. The summed E-state index contributed by atoms with van der Waals surface area (Å²) in [5.41, 5.74) is 3.25. The van der Waals surface area contributed by atoms with Gasteiger partial charge in [0.25, 0.3) is 0 Å². The van der Waals surface area contributed by atoms with Crippen molar-refractivity contribution in [2.45, 2.75) is 32.9 Å². The molecule has 0 aliphatic rings. The van der Waals surface area contributed by atoms with Crippen molar-refractivity contribution in [1.82, 2.24) is 24.8 Å². The number of carbonyl (C=O) groups excluding carboxylic acids is 2. The van der Waals surface area contributed by atoms with Gasteiger partial charge in [-0.05, 0) is 35.9 Å². The third kappa shape index (κ3) is 4.98. The van der Waals surface area contributed by atoms with Crippen molar-refractivity contribution in [3.8, 4) is 0 Å². The first kappa shape index (κ1) is 21.4. The first-order chi connectivity index (χ1) is 14.5. The number of hydrogen-bond acceptors (Lipinski definition) is 7. The van der Waals surface area contributed by atoms with E-state index >= 15 is 0 Å². The Balaban J connectivity index is 1.69. The highest BCUT2D eigenvalue weighted by atomic mass is 16.5. The number of Topliss-reactive ketones (excluding diaryl/α,β-unsaturated/α-hetero) is 1. The average molecular weight is 411 g/mol. The summed E-state index contributed by atoms with van der Waals surface area (Å²) in [6, 6.07) is 10.5. The van der Waals surface area contributed by atoms with Crippen molar-refractivity contribution in [2.24, 2.45) is 0 Å². The quantitative estimate of drug-likeness (QED) is 0.371. The molecule has 30 heavy (non-hydrogen) atoms. The van der Waals surface area contributed by atoms with Gasteiger partial charge in [0.05, 0.1) is 6.61 Å². The highest BCUT2D eigenvalue weighted by Crippen LogP contribution is 2.18. The highest BCUT2D eigenvalue weighted by molar-refractivity contribution is 5.99. The van der Waals surface area contributed by atoms with E-state index in [0.717, 1.165) is 17.0 Å². The minimum absolute atomic E-state index is 0.254. The number of ether oxygens (including phenoxy) is 2. The molecule has 0 aliphatic carbocycles. The van der Waals surface area contributed by atoms with Crippen LogP contribution in [0.2, 0.25) is 0 Å². The number of aryl methyl sites for hydroxylation is 1. The van der Waals surface area contributed by atoms with Gasteiger partial charge in [-0.3, -0.25) is 4.79 Å². The van der Waals surface area contributed by atoms with Crippen molar-refractivity contribution in [3.05, 3.63) is 65.2 Å². The lowest BCUT2D eigenvalue weighted by molar-refractivity contribution is -0.146. The van der Waals surface area contributed by atoms with Crippen molar-refractivity contribution in [1.29, 1.82) is 0 Å². The van der Waals surface area contributed by atoms with Crippen LogP contribution in [-0.4, -0.2) is 56.9 Å². The molecule has 1 aromatic carbocycles. The molecule has 3 aromatic rings. The molecule has 1 atom stereocenters. The molecule has 0 saturated heterocycles. The highest BCUT2D eigenvalue weighted by Gasteiger charge is 2.25. The maximum absolute atomic E-state index is 12.8. The molecule has 2 aromatic heterocycles. The van der Waals surface area contributed by atoms with Crippen molar-refractivity contribution in [2.75, 3.05) is 20.3 Å². The predicted octanol–water partition coefficient (Wildman–Crippen LogP) is 1.95. The van der Waals surface area contributed by atoms with Gasteiger partial charge in [-0.25, -0.2) is 9.48 Å². The molecule has 0 aliphatic heterocycles. The van der Waals surface area contributed by atoms with Gasteiger partial charge in [0, 0.05) is 37.0 Å². The minimum atomic E-state index is -0.760. The zero-order chi connectivity index (χ0) is 21.5.